The number of esters is 6. The van der Waals surface area contributed by atoms with Gasteiger partial charge in [0.25, 0.3) is 5.70 Å². The quantitative estimate of drug-likeness (QED) is 0.0229. The van der Waals surface area contributed by atoms with Crippen molar-refractivity contribution in [2.24, 2.45) is 47.3 Å². The molecule has 4 saturated carbocycles. The zero-order chi connectivity index (χ0) is 48.4. The normalized spacial score (nSPS) is 25.5. The van der Waals surface area contributed by atoms with E-state index in [0.717, 1.165) is 89.2 Å². The third kappa shape index (κ3) is 14.4. The zero-order valence-corrected chi connectivity index (χ0v) is 39.5. The maximum atomic E-state index is 13.7. The zero-order valence-electron chi connectivity index (χ0n) is 39.5. The average molecular weight is 937 g/mol. The lowest BCUT2D eigenvalue weighted by Crippen LogP contribution is -2.32. The van der Waals surface area contributed by atoms with Gasteiger partial charge in [0.2, 0.25) is 0 Å². The predicted octanol–water partition coefficient (Wildman–Crippen LogP) is 9.62. The summed E-state index contributed by atoms with van der Waals surface area (Å²) in [5, 5.41) is 9.73. The monoisotopic (exact) mass is 936 g/mol. The van der Waals surface area contributed by atoms with Crippen molar-refractivity contribution in [2.45, 2.75) is 141 Å². The van der Waals surface area contributed by atoms with E-state index < -0.39 is 11.9 Å². The summed E-state index contributed by atoms with van der Waals surface area (Å²) in [5.41, 5.74) is 1.94. The predicted molar refractivity (Wildman–Crippen MR) is 249 cm³/mol. The minimum atomic E-state index is -0.459. The summed E-state index contributed by atoms with van der Waals surface area (Å²) >= 11 is 0. The number of carbonyl (C=O) groups excluding carboxylic acids is 6. The highest BCUT2D eigenvalue weighted by atomic mass is 16.6. The van der Waals surface area contributed by atoms with Gasteiger partial charge in [-0.15, -0.1) is 0 Å². The van der Waals surface area contributed by atoms with Crippen molar-refractivity contribution in [1.29, 1.82) is 5.26 Å². The Kier molecular flexibility index (Phi) is 19.8. The van der Waals surface area contributed by atoms with Gasteiger partial charge < -0.3 is 28.4 Å². The maximum Gasteiger partial charge on any atom is 0.330 e. The van der Waals surface area contributed by atoms with Crippen LogP contribution < -0.4 is 9.47 Å². The first-order valence-corrected chi connectivity index (χ1v) is 25.0. The summed E-state index contributed by atoms with van der Waals surface area (Å²) in [6.45, 7) is 15.5. The van der Waals surface area contributed by atoms with Gasteiger partial charge in [0, 0.05) is 23.3 Å². The number of fused-ring (bicyclic) bond motifs is 1. The Bertz CT molecular complexity index is 1950. The molecule has 0 radical (unpaired) electrons. The lowest BCUT2D eigenvalue weighted by Gasteiger charge is -2.37. The highest BCUT2D eigenvalue weighted by Gasteiger charge is 2.38. The molecule has 0 N–H and O–H groups in total. The van der Waals surface area contributed by atoms with Gasteiger partial charge in [0.15, 0.2) is 0 Å². The van der Waals surface area contributed by atoms with Crippen LogP contribution in [-0.4, -0.2) is 62.2 Å². The molecule has 5 aliphatic carbocycles. The van der Waals surface area contributed by atoms with Crippen LogP contribution in [0.1, 0.15) is 140 Å². The number of nitriles is 1. The lowest BCUT2D eigenvalue weighted by molar-refractivity contribution is -0.151. The van der Waals surface area contributed by atoms with Crippen molar-refractivity contribution in [3.8, 4) is 17.6 Å². The molecular formula is C54H68N2O12. The van der Waals surface area contributed by atoms with E-state index in [-0.39, 0.29) is 79.3 Å². The van der Waals surface area contributed by atoms with E-state index in [0.29, 0.717) is 116 Å². The Balaban J connectivity index is 0.933. The van der Waals surface area contributed by atoms with Crippen molar-refractivity contribution >= 4 is 35.8 Å². The molecule has 0 spiro atoms. The van der Waals surface area contributed by atoms with Gasteiger partial charge >= 0.3 is 35.8 Å². The molecule has 1 aromatic rings. The van der Waals surface area contributed by atoms with Crippen LogP contribution in [0, 0.1) is 65.2 Å². The summed E-state index contributed by atoms with van der Waals surface area (Å²) in [5.74, 6) is 0.184. The molecule has 0 bridgehead atoms. The van der Waals surface area contributed by atoms with Gasteiger partial charge in [-0.25, -0.2) is 19.7 Å². The third-order valence-corrected chi connectivity index (χ3v) is 15.2. The number of rotatable bonds is 20. The first kappa shape index (κ1) is 51.6. The molecule has 0 aromatic heterocycles. The van der Waals surface area contributed by atoms with Crippen LogP contribution in [0.15, 0.2) is 48.7 Å². The largest absolute Gasteiger partial charge is 0.465 e. The minimum absolute atomic E-state index is 0.00866. The Labute approximate surface area is 400 Å². The highest BCUT2D eigenvalue weighted by molar-refractivity contribution is 5.81. The number of nitrogens with zero attached hydrogens (tertiary/aromatic N) is 2. The summed E-state index contributed by atoms with van der Waals surface area (Å²) in [6, 6.07) is 5.35. The number of ether oxygens (including phenoxy) is 6. The summed E-state index contributed by atoms with van der Waals surface area (Å²) < 4.78 is 33.2. The summed E-state index contributed by atoms with van der Waals surface area (Å²) in [6.07, 6.45) is 18.7. The molecule has 14 heteroatoms. The van der Waals surface area contributed by atoms with Gasteiger partial charge in [0.05, 0.1) is 62.7 Å². The molecule has 0 atom stereocenters. The Morgan fingerprint density at radius 2 is 0.838 bits per heavy atom. The standard InChI is InChI=1S/C54H68N2O12/c1-4-49(57)63-28-6-8-30-65-51(59)39-18-10-35(11-19-39)37-14-22-41(23-15-37)53(61)67-47-26-27-48(45-33-43(32-44(45)47)46(34-55)56-3)68-54(62)42-24-16-38(17-25-42)36-12-20-40(21-13-36)52(60)66-31-9-7-29-64-50(58)5-2/h4-5,26-27,35-42H,1-2,6-25,28-33H2. The smallest absolute Gasteiger partial charge is 0.330 e. The fraction of sp³-hybridized carbons (Fsp3) is 0.630. The van der Waals surface area contributed by atoms with Crippen LogP contribution in [0.3, 0.4) is 0 Å². The number of hydrogen-bond donors (Lipinski definition) is 0. The van der Waals surface area contributed by atoms with Gasteiger partial charge in [-0.2, -0.15) is 0 Å². The van der Waals surface area contributed by atoms with E-state index in [2.05, 4.69) is 18.0 Å². The molecule has 4 fully saturated rings. The molecule has 68 heavy (non-hydrogen) atoms. The Morgan fingerprint density at radius 1 is 0.529 bits per heavy atom. The van der Waals surface area contributed by atoms with Crippen molar-refractivity contribution in [3.05, 3.63) is 71.3 Å². The number of benzene rings is 1. The topological polar surface area (TPSA) is 186 Å². The second-order valence-electron chi connectivity index (χ2n) is 19.3. The summed E-state index contributed by atoms with van der Waals surface area (Å²) in [4.78, 5) is 78.6. The molecule has 0 saturated heterocycles. The number of carbonyl (C=O) groups is 6. The number of hydrogen-bond acceptors (Lipinski definition) is 13. The first-order chi connectivity index (χ1) is 33.0. The Hall–Kier alpha value is -5.76. The molecular weight excluding hydrogens is 869 g/mol. The van der Waals surface area contributed by atoms with E-state index in [1.165, 1.54) is 0 Å². The minimum Gasteiger partial charge on any atom is -0.465 e. The highest BCUT2D eigenvalue weighted by Crippen LogP contribution is 2.46. The molecule has 0 unspecified atom stereocenters. The number of allylic oxidation sites excluding steroid dienone is 2. The fourth-order valence-electron chi connectivity index (χ4n) is 11.2. The van der Waals surface area contributed by atoms with Crippen molar-refractivity contribution in [2.75, 3.05) is 26.4 Å². The number of unbranched alkanes of at least 4 members (excludes halogenated alkanes) is 2. The maximum absolute atomic E-state index is 13.7. The van der Waals surface area contributed by atoms with E-state index in [1.807, 2.05) is 6.07 Å². The fourth-order valence-corrected chi connectivity index (χ4v) is 11.2. The molecule has 366 valence electrons. The van der Waals surface area contributed by atoms with E-state index in [1.54, 1.807) is 12.1 Å². The molecule has 5 aliphatic rings. The lowest BCUT2D eigenvalue weighted by atomic mass is 9.69. The molecule has 14 nitrogen and oxygen atoms in total. The van der Waals surface area contributed by atoms with E-state index >= 15 is 0 Å². The third-order valence-electron chi connectivity index (χ3n) is 15.2. The van der Waals surface area contributed by atoms with Crippen LogP contribution in [0.2, 0.25) is 0 Å². The van der Waals surface area contributed by atoms with Gasteiger partial charge in [-0.05, 0) is 183 Å². The van der Waals surface area contributed by atoms with Crippen molar-refractivity contribution in [3.63, 3.8) is 0 Å². The molecule has 1 aromatic carbocycles. The second-order valence-corrected chi connectivity index (χ2v) is 19.3. The van der Waals surface area contributed by atoms with E-state index in [4.69, 9.17) is 35.0 Å². The second kappa shape index (κ2) is 26.1. The SMILES string of the molecule is [C-]#[N+]C(C#N)=C1Cc2c(OC(=O)C3CCC(C4CCC(C(=O)OCCCCOC(=O)C=C)CC4)CC3)ccc(OC(=O)C3CCC(C4CCC(C(=O)OCCCCOC(=O)C=C)CC4)CC3)c2C1. The van der Waals surface area contributed by atoms with E-state index in [9.17, 15) is 34.0 Å². The molecule has 6 rings (SSSR count). The van der Waals surface area contributed by atoms with Crippen molar-refractivity contribution in [1.82, 2.24) is 0 Å². The van der Waals surface area contributed by atoms with Crippen LogP contribution in [-0.2, 0) is 60.6 Å². The van der Waals surface area contributed by atoms with Gasteiger partial charge in [-0.3, -0.25) is 19.2 Å². The molecule has 0 heterocycles. The van der Waals surface area contributed by atoms with Crippen LogP contribution in [0.4, 0.5) is 0 Å². The van der Waals surface area contributed by atoms with Crippen molar-refractivity contribution < 1.29 is 57.2 Å². The average Bonchev–Trinajstić information content (AvgIpc) is 3.83. The first-order valence-electron chi connectivity index (χ1n) is 25.0. The van der Waals surface area contributed by atoms with Crippen LogP contribution >= 0.6 is 0 Å². The molecule has 0 aliphatic heterocycles. The van der Waals surface area contributed by atoms with Gasteiger partial charge in [-0.1, -0.05) is 13.2 Å². The molecule has 0 amide bonds. The van der Waals surface area contributed by atoms with Crippen LogP contribution in [0.25, 0.3) is 4.85 Å². The summed E-state index contributed by atoms with van der Waals surface area (Å²) in [7, 11) is 0. The Morgan fingerprint density at radius 3 is 1.13 bits per heavy atom. The van der Waals surface area contributed by atoms with Gasteiger partial charge in [0.1, 0.15) is 11.5 Å². The van der Waals surface area contributed by atoms with Crippen LogP contribution in [0.5, 0.6) is 11.5 Å².